The first kappa shape index (κ1) is 25.9. The molecule has 3 atom stereocenters. The quantitative estimate of drug-likeness (QED) is 0.644. The molecule has 4 heterocycles. The molecule has 34 heavy (non-hydrogen) atoms. The van der Waals surface area contributed by atoms with Gasteiger partial charge in [-0.25, -0.2) is 9.97 Å². The van der Waals surface area contributed by atoms with Crippen molar-refractivity contribution < 1.29 is 23.1 Å². The highest BCUT2D eigenvalue weighted by Gasteiger charge is 2.40. The Labute approximate surface area is 196 Å². The van der Waals surface area contributed by atoms with Gasteiger partial charge in [-0.15, -0.1) is 0 Å². The molecule has 10 heteroatoms. The Balaban J connectivity index is 0.00000103. The number of piperidine rings is 1. The molecular weight excluding hydrogens is 449 g/mol. The lowest BCUT2D eigenvalue weighted by Crippen LogP contribution is -2.49. The van der Waals surface area contributed by atoms with Crippen molar-refractivity contribution >= 4 is 6.47 Å². The number of halogens is 3. The number of pyridine rings is 1. The second-order valence-corrected chi connectivity index (χ2v) is 9.49. The van der Waals surface area contributed by atoms with Crippen LogP contribution in [0.5, 0.6) is 0 Å². The fraction of sp³-hybridized carbons (Fsp3) is 0.583. The minimum absolute atomic E-state index is 0.0707. The third kappa shape index (κ3) is 5.84. The van der Waals surface area contributed by atoms with Crippen molar-refractivity contribution in [1.29, 1.82) is 0 Å². The molecule has 0 saturated carbocycles. The number of carboxylic acid groups (broad SMARTS) is 1. The second-order valence-electron chi connectivity index (χ2n) is 9.49. The fourth-order valence-electron chi connectivity index (χ4n) is 5.16. The first-order valence-electron chi connectivity index (χ1n) is 11.5. The first-order valence-corrected chi connectivity index (χ1v) is 11.5. The molecule has 1 fully saturated rings. The van der Waals surface area contributed by atoms with Gasteiger partial charge >= 0.3 is 6.18 Å². The van der Waals surface area contributed by atoms with Crippen molar-refractivity contribution in [2.24, 2.45) is 11.8 Å². The number of alkyl halides is 3. The van der Waals surface area contributed by atoms with E-state index in [1.807, 2.05) is 10.6 Å². The van der Waals surface area contributed by atoms with Crippen molar-refractivity contribution in [3.63, 3.8) is 0 Å². The zero-order valence-corrected chi connectivity index (χ0v) is 19.6. The summed E-state index contributed by atoms with van der Waals surface area (Å²) in [5.74, 6) is 0.0675. The van der Waals surface area contributed by atoms with Crippen LogP contribution in [0.25, 0.3) is 0 Å². The van der Waals surface area contributed by atoms with Gasteiger partial charge in [0.15, 0.2) is 0 Å². The molecule has 2 aromatic rings. The van der Waals surface area contributed by atoms with Crippen molar-refractivity contribution in [3.8, 4) is 0 Å². The van der Waals surface area contributed by atoms with Gasteiger partial charge in [0.05, 0.1) is 0 Å². The van der Waals surface area contributed by atoms with Crippen LogP contribution in [-0.4, -0.2) is 44.1 Å². The lowest BCUT2D eigenvalue weighted by atomic mass is 9.76. The molecule has 0 aromatic carbocycles. The summed E-state index contributed by atoms with van der Waals surface area (Å²) in [5, 5.41) is 6.89. The molecule has 0 aliphatic carbocycles. The summed E-state index contributed by atoms with van der Waals surface area (Å²) >= 11 is 0. The van der Waals surface area contributed by atoms with Crippen LogP contribution in [0.3, 0.4) is 0 Å². The number of aryl methyl sites for hydroxylation is 1. The maximum Gasteiger partial charge on any atom is 0.451 e. The molecule has 0 spiro atoms. The van der Waals surface area contributed by atoms with Crippen molar-refractivity contribution in [2.45, 2.75) is 64.7 Å². The van der Waals surface area contributed by atoms with Crippen LogP contribution in [0.1, 0.15) is 67.8 Å². The minimum Gasteiger partial charge on any atom is -0.483 e. The Morgan fingerprint density at radius 2 is 1.97 bits per heavy atom. The molecule has 1 saturated heterocycles. The monoisotopic (exact) mass is 480 g/mol. The van der Waals surface area contributed by atoms with E-state index in [9.17, 15) is 18.0 Å². The molecule has 1 N–H and O–H groups in total. The predicted octanol–water partition coefficient (Wildman–Crippen LogP) is 4.26. The topological polar surface area (TPSA) is 88.3 Å². The van der Waals surface area contributed by atoms with E-state index in [-0.39, 0.29) is 24.0 Å². The molecule has 7 nitrogen and oxygen atoms in total. The molecule has 186 valence electrons. The first-order chi connectivity index (χ1) is 16.0. The smallest absolute Gasteiger partial charge is 0.451 e. The Hall–Kier alpha value is -2.75. The van der Waals surface area contributed by atoms with Crippen LogP contribution in [0, 0.1) is 18.8 Å². The van der Waals surface area contributed by atoms with Gasteiger partial charge in [-0.2, -0.15) is 13.2 Å². The highest BCUT2D eigenvalue weighted by molar-refractivity contribution is 5.32. The molecule has 4 rings (SSSR count). The number of aromatic nitrogens is 3. The van der Waals surface area contributed by atoms with E-state index in [1.54, 1.807) is 13.0 Å². The van der Waals surface area contributed by atoms with Gasteiger partial charge in [0.2, 0.25) is 5.82 Å². The average Bonchev–Trinajstić information content (AvgIpc) is 2.75. The number of fused-ring (bicyclic) bond motifs is 4. The Morgan fingerprint density at radius 3 is 2.59 bits per heavy atom. The van der Waals surface area contributed by atoms with Gasteiger partial charge < -0.3 is 9.67 Å². The van der Waals surface area contributed by atoms with Crippen molar-refractivity contribution in [2.75, 3.05) is 13.1 Å². The number of nitrogens with zero attached hydrogens (tertiary/aromatic N) is 4. The molecule has 2 aliphatic heterocycles. The van der Waals surface area contributed by atoms with Crippen LogP contribution >= 0.6 is 0 Å². The maximum atomic E-state index is 12.9. The Morgan fingerprint density at radius 1 is 1.26 bits per heavy atom. The van der Waals surface area contributed by atoms with Gasteiger partial charge in [-0.05, 0) is 44.1 Å². The zero-order valence-electron chi connectivity index (χ0n) is 19.6. The normalized spacial score (nSPS) is 22.0. The van der Waals surface area contributed by atoms with E-state index in [0.717, 1.165) is 43.6 Å². The van der Waals surface area contributed by atoms with E-state index in [4.69, 9.17) is 9.90 Å². The van der Waals surface area contributed by atoms with Crippen LogP contribution in [-0.2, 0) is 17.5 Å². The summed E-state index contributed by atoms with van der Waals surface area (Å²) in [6, 6.07) is 5.70. The number of rotatable bonds is 5. The van der Waals surface area contributed by atoms with Crippen molar-refractivity contribution in [3.05, 3.63) is 57.5 Å². The lowest BCUT2D eigenvalue weighted by molar-refractivity contribution is -0.145. The minimum atomic E-state index is -4.54. The number of carbonyl (C=O) groups is 1. The number of hydrogen-bond donors (Lipinski definition) is 1. The largest absolute Gasteiger partial charge is 0.483 e. The average molecular weight is 481 g/mol. The van der Waals surface area contributed by atoms with Gasteiger partial charge in [0.1, 0.15) is 0 Å². The van der Waals surface area contributed by atoms with E-state index in [0.29, 0.717) is 24.1 Å². The molecule has 2 bridgehead atoms. The molecule has 0 radical (unpaired) electrons. The van der Waals surface area contributed by atoms with E-state index < -0.39 is 12.0 Å². The summed E-state index contributed by atoms with van der Waals surface area (Å²) in [6.07, 6.45) is -0.165. The zero-order chi connectivity index (χ0) is 25.0. The Kier molecular flexibility index (Phi) is 8.12. The second kappa shape index (κ2) is 10.7. The SMILES string of the molecule is Cc1nc(C(F)(F)F)ncc1CN1C[C@H]2C[C@@H](C1)[C@H](CCC(C)C)n1c2cccc1=O.O=CO. The number of hydrogen-bond acceptors (Lipinski definition) is 5. The predicted molar refractivity (Wildman–Crippen MR) is 120 cm³/mol. The van der Waals surface area contributed by atoms with Crippen LogP contribution in [0.4, 0.5) is 13.2 Å². The summed E-state index contributed by atoms with van der Waals surface area (Å²) in [4.78, 5) is 30.6. The number of likely N-dealkylation sites (tertiary alicyclic amines) is 1. The molecule has 0 unspecified atom stereocenters. The van der Waals surface area contributed by atoms with Crippen LogP contribution in [0.2, 0.25) is 0 Å². The molecule has 2 aromatic heterocycles. The third-order valence-electron chi connectivity index (χ3n) is 6.64. The summed E-state index contributed by atoms with van der Waals surface area (Å²) < 4.78 is 40.7. The maximum absolute atomic E-state index is 12.9. The van der Waals surface area contributed by atoms with Crippen LogP contribution in [0.15, 0.2) is 29.2 Å². The molecule has 0 amide bonds. The van der Waals surface area contributed by atoms with Crippen molar-refractivity contribution in [1.82, 2.24) is 19.4 Å². The third-order valence-corrected chi connectivity index (χ3v) is 6.64. The van der Waals surface area contributed by atoms with E-state index in [1.165, 1.54) is 6.20 Å². The van der Waals surface area contributed by atoms with E-state index in [2.05, 4.69) is 34.8 Å². The standard InChI is InChI=1S/C23H29F3N4O.CH2O2/c1-14(2)7-8-20-17-9-16(19-5-4-6-21(31)30(19)20)11-29(12-17)13-18-10-27-22(23(24,25)26)28-15(18)3;2-1-3/h4-6,10,14,16-17,20H,7-9,11-13H2,1-3H3;1H,(H,2,3)/t16-,17+,20+;/m1./s1. The Bertz CT molecular complexity index is 1050. The lowest BCUT2D eigenvalue weighted by Gasteiger charge is -2.47. The summed E-state index contributed by atoms with van der Waals surface area (Å²) in [6.45, 7) is 7.86. The fourth-order valence-corrected chi connectivity index (χ4v) is 5.16. The van der Waals surface area contributed by atoms with Gasteiger partial charge in [0.25, 0.3) is 12.0 Å². The van der Waals surface area contributed by atoms with Gasteiger partial charge in [-0.3, -0.25) is 14.5 Å². The summed E-state index contributed by atoms with van der Waals surface area (Å²) in [7, 11) is 0. The highest BCUT2D eigenvalue weighted by Crippen LogP contribution is 2.43. The molecule has 2 aliphatic rings. The summed E-state index contributed by atoms with van der Waals surface area (Å²) in [5.41, 5.74) is 2.24. The molecular formula is C24H31F3N4O3. The van der Waals surface area contributed by atoms with Gasteiger partial charge in [-0.1, -0.05) is 19.9 Å². The van der Waals surface area contributed by atoms with E-state index >= 15 is 0 Å². The highest BCUT2D eigenvalue weighted by atomic mass is 19.4. The van der Waals surface area contributed by atoms with Crippen LogP contribution < -0.4 is 5.56 Å². The van der Waals surface area contributed by atoms with Gasteiger partial charge in [0, 0.05) is 60.8 Å².